The third-order valence-electron chi connectivity index (χ3n) is 4.12. The zero-order valence-corrected chi connectivity index (χ0v) is 11.6. The highest BCUT2D eigenvalue weighted by atomic mass is 19.2. The summed E-state index contributed by atoms with van der Waals surface area (Å²) in [5.74, 6) is -1.42. The van der Waals surface area contributed by atoms with Gasteiger partial charge in [0.2, 0.25) is 0 Å². The van der Waals surface area contributed by atoms with Crippen molar-refractivity contribution >= 4 is 0 Å². The van der Waals surface area contributed by atoms with Crippen LogP contribution in [0, 0.1) is 11.6 Å². The first-order valence-electron chi connectivity index (χ1n) is 7.35. The van der Waals surface area contributed by atoms with E-state index in [2.05, 4.69) is 12.2 Å². The predicted octanol–water partition coefficient (Wildman–Crippen LogP) is 4.21. The molecule has 0 amide bonds. The van der Waals surface area contributed by atoms with Crippen LogP contribution in [0.3, 0.4) is 0 Å². The van der Waals surface area contributed by atoms with E-state index in [1.165, 1.54) is 25.3 Å². The van der Waals surface area contributed by atoms with Gasteiger partial charge in [0.05, 0.1) is 0 Å². The van der Waals surface area contributed by atoms with Crippen molar-refractivity contribution in [3.05, 3.63) is 35.4 Å². The van der Waals surface area contributed by atoms with Crippen molar-refractivity contribution in [3.63, 3.8) is 0 Å². The Labute approximate surface area is 114 Å². The van der Waals surface area contributed by atoms with Gasteiger partial charge in [-0.25, -0.2) is 8.78 Å². The van der Waals surface area contributed by atoms with Crippen LogP contribution in [0.4, 0.5) is 8.78 Å². The lowest BCUT2D eigenvalue weighted by Crippen LogP contribution is -2.46. The van der Waals surface area contributed by atoms with E-state index in [1.807, 2.05) is 0 Å². The molecule has 1 aromatic carbocycles. The normalized spacial score (nSPS) is 24.2. The van der Waals surface area contributed by atoms with Gasteiger partial charge in [-0.1, -0.05) is 38.3 Å². The fraction of sp³-hybridized carbons (Fsp3) is 0.625. The molecule has 2 rings (SSSR count). The highest BCUT2D eigenvalue weighted by molar-refractivity contribution is 5.21. The molecule has 1 saturated heterocycles. The van der Waals surface area contributed by atoms with Crippen molar-refractivity contribution in [1.82, 2.24) is 5.32 Å². The summed E-state index contributed by atoms with van der Waals surface area (Å²) in [7, 11) is 0. The van der Waals surface area contributed by atoms with Crippen LogP contribution in [0.25, 0.3) is 0 Å². The van der Waals surface area contributed by atoms with Crippen LogP contribution in [0.15, 0.2) is 18.2 Å². The highest BCUT2D eigenvalue weighted by Gasteiger charge is 2.31. The average molecular weight is 267 g/mol. The topological polar surface area (TPSA) is 12.0 Å². The quantitative estimate of drug-likeness (QED) is 0.861. The number of halogens is 2. The van der Waals surface area contributed by atoms with E-state index in [0.29, 0.717) is 12.0 Å². The maximum absolute atomic E-state index is 13.9. The number of nitrogens with one attached hydrogen (secondary N) is 1. The molecule has 0 spiro atoms. The monoisotopic (exact) mass is 267 g/mol. The summed E-state index contributed by atoms with van der Waals surface area (Å²) >= 11 is 0. The molecule has 0 aromatic heterocycles. The minimum atomic E-state index is -0.738. The van der Waals surface area contributed by atoms with Gasteiger partial charge >= 0.3 is 0 Å². The van der Waals surface area contributed by atoms with Gasteiger partial charge in [0, 0.05) is 5.54 Å². The molecule has 1 atom stereocenters. The van der Waals surface area contributed by atoms with Crippen LogP contribution >= 0.6 is 0 Å². The van der Waals surface area contributed by atoms with Gasteiger partial charge in [-0.3, -0.25) is 0 Å². The van der Waals surface area contributed by atoms with E-state index in [4.69, 9.17) is 0 Å². The minimum absolute atomic E-state index is 0.0557. The second-order valence-corrected chi connectivity index (χ2v) is 5.66. The summed E-state index contributed by atoms with van der Waals surface area (Å²) in [5, 5.41) is 3.60. The Bertz CT molecular complexity index is 409. The molecule has 106 valence electrons. The van der Waals surface area contributed by atoms with Gasteiger partial charge in [-0.05, 0) is 43.9 Å². The molecular formula is C16H23F2N. The SMILES string of the molecule is CCCC1(Cc2cccc(F)c2F)CCCCCN1. The zero-order chi connectivity index (χ0) is 13.7. The Morgan fingerprint density at radius 2 is 2.05 bits per heavy atom. The lowest BCUT2D eigenvalue weighted by atomic mass is 9.82. The lowest BCUT2D eigenvalue weighted by molar-refractivity contribution is 0.284. The first-order valence-corrected chi connectivity index (χ1v) is 7.35. The molecule has 1 aliphatic rings. The fourth-order valence-corrected chi connectivity index (χ4v) is 3.19. The predicted molar refractivity (Wildman–Crippen MR) is 74.2 cm³/mol. The first kappa shape index (κ1) is 14.4. The molecule has 0 radical (unpaired) electrons. The van der Waals surface area contributed by atoms with Crippen molar-refractivity contribution < 1.29 is 8.78 Å². The van der Waals surface area contributed by atoms with E-state index in [0.717, 1.165) is 25.8 Å². The van der Waals surface area contributed by atoms with E-state index in [-0.39, 0.29) is 5.54 Å². The van der Waals surface area contributed by atoms with Gasteiger partial charge in [0.25, 0.3) is 0 Å². The molecule has 0 saturated carbocycles. The number of hydrogen-bond donors (Lipinski definition) is 1. The van der Waals surface area contributed by atoms with Crippen LogP contribution < -0.4 is 5.32 Å². The van der Waals surface area contributed by atoms with Gasteiger partial charge in [0.1, 0.15) is 0 Å². The Hall–Kier alpha value is -0.960. The molecule has 1 aliphatic heterocycles. The standard InChI is InChI=1S/C16H23F2N/c1-2-9-16(10-4-3-5-11-19-16)12-13-7-6-8-14(17)15(13)18/h6-8,19H,2-5,9-12H2,1H3. The van der Waals surface area contributed by atoms with Gasteiger partial charge in [-0.2, -0.15) is 0 Å². The van der Waals surface area contributed by atoms with Crippen LogP contribution in [0.2, 0.25) is 0 Å². The van der Waals surface area contributed by atoms with Crippen molar-refractivity contribution in [2.24, 2.45) is 0 Å². The third-order valence-corrected chi connectivity index (χ3v) is 4.12. The Morgan fingerprint density at radius 1 is 1.21 bits per heavy atom. The molecule has 19 heavy (non-hydrogen) atoms. The summed E-state index contributed by atoms with van der Waals surface area (Å²) in [6.45, 7) is 3.13. The maximum Gasteiger partial charge on any atom is 0.162 e. The molecule has 1 unspecified atom stereocenters. The summed E-state index contributed by atoms with van der Waals surface area (Å²) in [6, 6.07) is 4.50. The Balaban J connectivity index is 2.21. The maximum atomic E-state index is 13.9. The molecule has 0 bridgehead atoms. The smallest absolute Gasteiger partial charge is 0.162 e. The molecule has 1 N–H and O–H groups in total. The zero-order valence-electron chi connectivity index (χ0n) is 11.6. The molecule has 1 fully saturated rings. The summed E-state index contributed by atoms with van der Waals surface area (Å²) < 4.78 is 27.2. The van der Waals surface area contributed by atoms with Crippen molar-refractivity contribution in [2.75, 3.05) is 6.54 Å². The van der Waals surface area contributed by atoms with Gasteiger partial charge in [0.15, 0.2) is 11.6 Å². The lowest BCUT2D eigenvalue weighted by Gasteiger charge is -2.34. The van der Waals surface area contributed by atoms with E-state index in [1.54, 1.807) is 12.1 Å². The van der Waals surface area contributed by atoms with Crippen molar-refractivity contribution in [1.29, 1.82) is 0 Å². The second-order valence-electron chi connectivity index (χ2n) is 5.66. The Kier molecular flexibility index (Phi) is 4.92. The largest absolute Gasteiger partial charge is 0.311 e. The van der Waals surface area contributed by atoms with E-state index in [9.17, 15) is 8.78 Å². The molecular weight excluding hydrogens is 244 g/mol. The van der Waals surface area contributed by atoms with E-state index >= 15 is 0 Å². The van der Waals surface area contributed by atoms with E-state index < -0.39 is 11.6 Å². The number of hydrogen-bond acceptors (Lipinski definition) is 1. The summed E-state index contributed by atoms with van der Waals surface area (Å²) in [5.41, 5.74) is 0.447. The van der Waals surface area contributed by atoms with Crippen molar-refractivity contribution in [3.8, 4) is 0 Å². The molecule has 1 heterocycles. The van der Waals surface area contributed by atoms with Crippen LogP contribution in [-0.2, 0) is 6.42 Å². The molecule has 0 aliphatic carbocycles. The minimum Gasteiger partial charge on any atom is -0.311 e. The highest BCUT2D eigenvalue weighted by Crippen LogP contribution is 2.29. The summed E-state index contributed by atoms with van der Waals surface area (Å²) in [4.78, 5) is 0. The van der Waals surface area contributed by atoms with Gasteiger partial charge in [-0.15, -0.1) is 0 Å². The first-order chi connectivity index (χ1) is 9.17. The molecule has 1 aromatic rings. The van der Waals surface area contributed by atoms with Crippen LogP contribution in [-0.4, -0.2) is 12.1 Å². The number of benzene rings is 1. The fourth-order valence-electron chi connectivity index (χ4n) is 3.19. The van der Waals surface area contributed by atoms with Gasteiger partial charge < -0.3 is 5.32 Å². The Morgan fingerprint density at radius 3 is 2.84 bits per heavy atom. The summed E-state index contributed by atoms with van der Waals surface area (Å²) in [6.07, 6.45) is 7.29. The average Bonchev–Trinajstić information content (AvgIpc) is 2.62. The van der Waals surface area contributed by atoms with Crippen LogP contribution in [0.1, 0.15) is 51.0 Å². The van der Waals surface area contributed by atoms with Crippen LogP contribution in [0.5, 0.6) is 0 Å². The molecule has 1 nitrogen and oxygen atoms in total. The van der Waals surface area contributed by atoms with Crippen molar-refractivity contribution in [2.45, 2.75) is 57.4 Å². The third kappa shape index (κ3) is 3.53. The molecule has 3 heteroatoms. The second kappa shape index (κ2) is 6.47. The number of rotatable bonds is 4.